The van der Waals surface area contributed by atoms with Gasteiger partial charge in [0, 0.05) is 16.3 Å². The molecule has 0 aromatic carbocycles. The Labute approximate surface area is 112 Å². The maximum atomic E-state index is 4.54. The SMILES string of the molecule is Cc1cc(C(C)C)nc(NCc2sccc2C)n1. The smallest absolute Gasteiger partial charge is 0.223 e. The molecule has 0 saturated carbocycles. The van der Waals surface area contributed by atoms with Gasteiger partial charge in [0.15, 0.2) is 0 Å². The number of thiophene rings is 1. The topological polar surface area (TPSA) is 37.8 Å². The molecule has 0 amide bonds. The van der Waals surface area contributed by atoms with Crippen LogP contribution < -0.4 is 5.32 Å². The van der Waals surface area contributed by atoms with Crippen molar-refractivity contribution in [3.05, 3.63) is 39.3 Å². The van der Waals surface area contributed by atoms with Gasteiger partial charge < -0.3 is 5.32 Å². The average Bonchev–Trinajstić information content (AvgIpc) is 2.71. The van der Waals surface area contributed by atoms with E-state index in [1.807, 2.05) is 13.0 Å². The Kier molecular flexibility index (Phi) is 3.97. The highest BCUT2D eigenvalue weighted by Gasteiger charge is 2.06. The summed E-state index contributed by atoms with van der Waals surface area (Å²) in [6.45, 7) is 9.23. The number of anilines is 1. The Morgan fingerprint density at radius 3 is 2.67 bits per heavy atom. The van der Waals surface area contributed by atoms with Crippen molar-refractivity contribution in [3.8, 4) is 0 Å². The molecule has 0 spiro atoms. The summed E-state index contributed by atoms with van der Waals surface area (Å²) in [5.74, 6) is 1.15. The molecule has 3 nitrogen and oxygen atoms in total. The molecule has 0 aliphatic carbocycles. The van der Waals surface area contributed by atoms with E-state index in [2.05, 4.69) is 47.5 Å². The first-order valence-corrected chi connectivity index (χ1v) is 7.06. The zero-order chi connectivity index (χ0) is 13.1. The van der Waals surface area contributed by atoms with Crippen LogP contribution in [0.2, 0.25) is 0 Å². The van der Waals surface area contributed by atoms with Gasteiger partial charge in [0.2, 0.25) is 5.95 Å². The summed E-state index contributed by atoms with van der Waals surface area (Å²) < 4.78 is 0. The Morgan fingerprint density at radius 1 is 1.28 bits per heavy atom. The summed E-state index contributed by atoms with van der Waals surface area (Å²) >= 11 is 1.77. The van der Waals surface area contributed by atoms with Crippen LogP contribution in [0.1, 0.15) is 41.6 Å². The zero-order valence-electron chi connectivity index (χ0n) is 11.3. The lowest BCUT2D eigenvalue weighted by Crippen LogP contribution is -2.06. The van der Waals surface area contributed by atoms with Gasteiger partial charge in [-0.05, 0) is 42.8 Å². The third kappa shape index (κ3) is 3.07. The van der Waals surface area contributed by atoms with Gasteiger partial charge in [-0.3, -0.25) is 0 Å². The molecular weight excluding hydrogens is 242 g/mol. The van der Waals surface area contributed by atoms with Crippen LogP contribution in [0.5, 0.6) is 0 Å². The minimum Gasteiger partial charge on any atom is -0.349 e. The number of hydrogen-bond donors (Lipinski definition) is 1. The number of aryl methyl sites for hydroxylation is 2. The molecule has 96 valence electrons. The lowest BCUT2D eigenvalue weighted by atomic mass is 10.1. The van der Waals surface area contributed by atoms with Gasteiger partial charge in [-0.25, -0.2) is 9.97 Å². The van der Waals surface area contributed by atoms with Gasteiger partial charge in [-0.2, -0.15) is 0 Å². The van der Waals surface area contributed by atoms with Crippen molar-refractivity contribution in [1.82, 2.24) is 9.97 Å². The Balaban J connectivity index is 2.12. The third-order valence-corrected chi connectivity index (χ3v) is 3.86. The van der Waals surface area contributed by atoms with E-state index >= 15 is 0 Å². The molecule has 0 aliphatic heterocycles. The molecule has 2 aromatic rings. The van der Waals surface area contributed by atoms with Crippen molar-refractivity contribution in [2.75, 3.05) is 5.32 Å². The van der Waals surface area contributed by atoms with Crippen molar-refractivity contribution in [2.24, 2.45) is 0 Å². The Bertz CT molecular complexity index is 532. The molecule has 0 aliphatic rings. The van der Waals surface area contributed by atoms with E-state index in [9.17, 15) is 0 Å². The Morgan fingerprint density at radius 2 is 2.06 bits per heavy atom. The molecule has 0 saturated heterocycles. The lowest BCUT2D eigenvalue weighted by molar-refractivity contribution is 0.808. The fraction of sp³-hybridized carbons (Fsp3) is 0.429. The number of hydrogen-bond acceptors (Lipinski definition) is 4. The maximum Gasteiger partial charge on any atom is 0.223 e. The van der Waals surface area contributed by atoms with E-state index in [4.69, 9.17) is 0 Å². The summed E-state index contributed by atoms with van der Waals surface area (Å²) in [7, 11) is 0. The minimum atomic E-state index is 0.427. The van der Waals surface area contributed by atoms with Crippen LogP contribution >= 0.6 is 11.3 Å². The third-order valence-electron chi connectivity index (χ3n) is 2.84. The molecule has 4 heteroatoms. The van der Waals surface area contributed by atoms with Crippen LogP contribution in [0, 0.1) is 13.8 Å². The molecule has 18 heavy (non-hydrogen) atoms. The predicted molar refractivity (Wildman–Crippen MR) is 77.2 cm³/mol. The predicted octanol–water partition coefficient (Wildman–Crippen LogP) is 3.89. The normalized spacial score (nSPS) is 10.9. The molecular formula is C14H19N3S. The van der Waals surface area contributed by atoms with Crippen molar-refractivity contribution in [3.63, 3.8) is 0 Å². The van der Waals surface area contributed by atoms with Crippen molar-refractivity contribution in [2.45, 2.75) is 40.2 Å². The summed E-state index contributed by atoms with van der Waals surface area (Å²) in [4.78, 5) is 10.3. The highest BCUT2D eigenvalue weighted by molar-refractivity contribution is 7.10. The number of rotatable bonds is 4. The zero-order valence-corrected chi connectivity index (χ0v) is 12.1. The first-order chi connectivity index (χ1) is 8.56. The number of nitrogens with one attached hydrogen (secondary N) is 1. The first-order valence-electron chi connectivity index (χ1n) is 6.18. The fourth-order valence-electron chi connectivity index (χ4n) is 1.71. The van der Waals surface area contributed by atoms with E-state index in [0.717, 1.165) is 23.9 Å². The van der Waals surface area contributed by atoms with Gasteiger partial charge in [0.1, 0.15) is 0 Å². The standard InChI is InChI=1S/C14H19N3S/c1-9(2)12-7-11(4)16-14(17-12)15-8-13-10(3)5-6-18-13/h5-7,9H,8H2,1-4H3,(H,15,16,17). The van der Waals surface area contributed by atoms with Crippen molar-refractivity contribution in [1.29, 1.82) is 0 Å². The minimum absolute atomic E-state index is 0.427. The van der Waals surface area contributed by atoms with E-state index < -0.39 is 0 Å². The van der Waals surface area contributed by atoms with Crippen LogP contribution in [0.3, 0.4) is 0 Å². The summed E-state index contributed by atoms with van der Waals surface area (Å²) in [5.41, 5.74) is 3.43. The van der Waals surface area contributed by atoms with E-state index in [1.165, 1.54) is 10.4 Å². The second kappa shape index (κ2) is 5.48. The van der Waals surface area contributed by atoms with Gasteiger partial charge in [0.05, 0.1) is 6.54 Å². The molecule has 2 rings (SSSR count). The second-order valence-electron chi connectivity index (χ2n) is 4.79. The highest BCUT2D eigenvalue weighted by atomic mass is 32.1. The van der Waals surface area contributed by atoms with Crippen LogP contribution in [0.25, 0.3) is 0 Å². The molecule has 0 atom stereocenters. The molecule has 2 aromatic heterocycles. The fourth-order valence-corrected chi connectivity index (χ4v) is 2.56. The molecule has 0 fully saturated rings. The summed E-state index contributed by atoms with van der Waals surface area (Å²) in [6.07, 6.45) is 0. The molecule has 0 radical (unpaired) electrons. The van der Waals surface area contributed by atoms with Crippen molar-refractivity contribution >= 4 is 17.3 Å². The summed E-state index contributed by atoms with van der Waals surface area (Å²) in [5, 5.41) is 5.43. The largest absolute Gasteiger partial charge is 0.349 e. The van der Waals surface area contributed by atoms with Crippen molar-refractivity contribution < 1.29 is 0 Å². The highest BCUT2D eigenvalue weighted by Crippen LogP contribution is 2.18. The summed E-state index contributed by atoms with van der Waals surface area (Å²) in [6, 6.07) is 4.19. The number of nitrogens with zero attached hydrogens (tertiary/aromatic N) is 2. The van der Waals surface area contributed by atoms with E-state index in [1.54, 1.807) is 11.3 Å². The Hall–Kier alpha value is -1.42. The van der Waals surface area contributed by atoms with Gasteiger partial charge in [-0.15, -0.1) is 11.3 Å². The van der Waals surface area contributed by atoms with Crippen LogP contribution in [-0.4, -0.2) is 9.97 Å². The maximum absolute atomic E-state index is 4.54. The number of aromatic nitrogens is 2. The van der Waals surface area contributed by atoms with Gasteiger partial charge in [0.25, 0.3) is 0 Å². The van der Waals surface area contributed by atoms with Gasteiger partial charge >= 0.3 is 0 Å². The van der Waals surface area contributed by atoms with Gasteiger partial charge in [-0.1, -0.05) is 13.8 Å². The van der Waals surface area contributed by atoms with E-state index in [-0.39, 0.29) is 0 Å². The molecule has 0 bridgehead atoms. The van der Waals surface area contributed by atoms with Crippen LogP contribution in [0.15, 0.2) is 17.5 Å². The monoisotopic (exact) mass is 261 g/mol. The van der Waals surface area contributed by atoms with Crippen LogP contribution in [-0.2, 0) is 6.54 Å². The van der Waals surface area contributed by atoms with E-state index in [0.29, 0.717) is 5.92 Å². The molecule has 2 heterocycles. The first kappa shape index (κ1) is 13.0. The molecule has 0 unspecified atom stereocenters. The average molecular weight is 261 g/mol. The van der Waals surface area contributed by atoms with Crippen LogP contribution in [0.4, 0.5) is 5.95 Å². The quantitative estimate of drug-likeness (QED) is 0.907. The second-order valence-corrected chi connectivity index (χ2v) is 5.79. The lowest BCUT2D eigenvalue weighted by Gasteiger charge is -2.09. The molecule has 1 N–H and O–H groups in total.